The number of rotatable bonds is 7. The average molecular weight is 305 g/mol. The second-order valence-electron chi connectivity index (χ2n) is 4.72. The van der Waals surface area contributed by atoms with Gasteiger partial charge in [0, 0.05) is 5.38 Å². The lowest BCUT2D eigenvalue weighted by Gasteiger charge is -2.17. The van der Waals surface area contributed by atoms with E-state index >= 15 is 0 Å². The molecule has 0 aliphatic heterocycles. The van der Waals surface area contributed by atoms with E-state index in [2.05, 4.69) is 17.2 Å². The zero-order chi connectivity index (χ0) is 15.2. The molecule has 0 aliphatic carbocycles. The maximum absolute atomic E-state index is 10.8. The van der Waals surface area contributed by atoms with Gasteiger partial charge in [0.25, 0.3) is 0 Å². The van der Waals surface area contributed by atoms with E-state index in [1.54, 1.807) is 11.3 Å². The summed E-state index contributed by atoms with van der Waals surface area (Å²) in [6, 6.07) is 7.71. The number of ether oxygens (including phenoxy) is 1. The van der Waals surface area contributed by atoms with Crippen LogP contribution in [0.15, 0.2) is 29.6 Å². The van der Waals surface area contributed by atoms with Crippen molar-refractivity contribution in [2.24, 2.45) is 5.73 Å². The number of anilines is 1. The fourth-order valence-corrected chi connectivity index (χ4v) is 2.57. The largest absolute Gasteiger partial charge is 0.491 e. The van der Waals surface area contributed by atoms with Crippen molar-refractivity contribution >= 4 is 22.9 Å². The minimum absolute atomic E-state index is 0.0795. The van der Waals surface area contributed by atoms with E-state index in [1.807, 2.05) is 36.6 Å². The first-order valence-corrected chi connectivity index (χ1v) is 7.63. The number of thiazole rings is 1. The van der Waals surface area contributed by atoms with Crippen LogP contribution >= 0.6 is 11.3 Å². The van der Waals surface area contributed by atoms with E-state index in [9.17, 15) is 4.79 Å². The molecule has 0 saturated carbocycles. The molecule has 1 unspecified atom stereocenters. The molecule has 0 bridgehead atoms. The van der Waals surface area contributed by atoms with Crippen molar-refractivity contribution < 1.29 is 9.53 Å². The van der Waals surface area contributed by atoms with E-state index in [4.69, 9.17) is 10.5 Å². The third-order valence-corrected chi connectivity index (χ3v) is 3.74. The summed E-state index contributed by atoms with van der Waals surface area (Å²) < 4.78 is 5.61. The summed E-state index contributed by atoms with van der Waals surface area (Å²) in [7, 11) is 0. The Bertz CT molecular complexity index is 612. The molecule has 2 rings (SSSR count). The first kappa shape index (κ1) is 15.3. The number of nitrogens with two attached hydrogens (primary N) is 1. The summed E-state index contributed by atoms with van der Waals surface area (Å²) >= 11 is 1.63. The molecule has 0 saturated heterocycles. The van der Waals surface area contributed by atoms with Crippen LogP contribution in [0.25, 0.3) is 0 Å². The molecule has 5 nitrogen and oxygen atoms in total. The molecule has 112 valence electrons. The predicted molar refractivity (Wildman–Crippen MR) is 84.6 cm³/mol. The van der Waals surface area contributed by atoms with E-state index < -0.39 is 0 Å². The maximum Gasteiger partial charge on any atom is 0.220 e. The molecule has 1 amide bonds. The molecule has 1 heterocycles. The molecule has 0 radical (unpaired) electrons. The number of amides is 1. The Morgan fingerprint density at radius 2 is 2.24 bits per heavy atom. The number of para-hydroxylation sites is 2. The molecule has 2 aromatic rings. The summed E-state index contributed by atoms with van der Waals surface area (Å²) in [5.74, 6) is 0.337. The third kappa shape index (κ3) is 4.46. The topological polar surface area (TPSA) is 77.2 Å². The van der Waals surface area contributed by atoms with Gasteiger partial charge in [-0.3, -0.25) is 4.79 Å². The number of nitrogens with one attached hydrogen (secondary N) is 1. The van der Waals surface area contributed by atoms with Crippen molar-refractivity contribution in [2.75, 3.05) is 11.9 Å². The second-order valence-corrected chi connectivity index (χ2v) is 5.78. The number of aryl methyl sites for hydroxylation is 1. The Balaban J connectivity index is 2.03. The first-order valence-electron chi connectivity index (χ1n) is 6.75. The standard InChI is InChI=1S/C15H19N3O2S/c1-10(13-9-21-11(2)18-13)17-12-5-3-4-6-14(12)20-8-7-15(16)19/h3-6,9-10,17H,7-8H2,1-2H3,(H2,16,19). The molecule has 21 heavy (non-hydrogen) atoms. The van der Waals surface area contributed by atoms with Gasteiger partial charge >= 0.3 is 0 Å². The third-order valence-electron chi connectivity index (χ3n) is 2.95. The smallest absolute Gasteiger partial charge is 0.220 e. The van der Waals surface area contributed by atoms with Gasteiger partial charge in [-0.2, -0.15) is 0 Å². The van der Waals surface area contributed by atoms with Gasteiger partial charge in [-0.1, -0.05) is 12.1 Å². The quantitative estimate of drug-likeness (QED) is 0.824. The summed E-state index contributed by atoms with van der Waals surface area (Å²) in [6.45, 7) is 4.31. The van der Waals surface area contributed by atoms with Crippen LogP contribution in [-0.2, 0) is 4.79 Å². The highest BCUT2D eigenvalue weighted by Crippen LogP contribution is 2.28. The van der Waals surface area contributed by atoms with Crippen LogP contribution in [0.1, 0.15) is 30.1 Å². The van der Waals surface area contributed by atoms with Crippen LogP contribution in [0.3, 0.4) is 0 Å². The molecule has 3 N–H and O–H groups in total. The number of nitrogens with zero attached hydrogens (tertiary/aromatic N) is 1. The van der Waals surface area contributed by atoms with Crippen molar-refractivity contribution in [3.8, 4) is 5.75 Å². The molecule has 1 aromatic heterocycles. The van der Waals surface area contributed by atoms with Gasteiger partial charge in [0.1, 0.15) is 5.75 Å². The average Bonchev–Trinajstić information content (AvgIpc) is 2.87. The monoisotopic (exact) mass is 305 g/mol. The summed E-state index contributed by atoms with van der Waals surface area (Å²) in [5, 5.41) is 6.47. The predicted octanol–water partition coefficient (Wildman–Crippen LogP) is 2.88. The van der Waals surface area contributed by atoms with Crippen LogP contribution in [0.4, 0.5) is 5.69 Å². The lowest BCUT2D eigenvalue weighted by Crippen LogP contribution is -2.15. The van der Waals surface area contributed by atoms with Crippen LogP contribution in [0, 0.1) is 6.92 Å². The fraction of sp³-hybridized carbons (Fsp3) is 0.333. The number of hydrogen-bond donors (Lipinski definition) is 2. The molecular formula is C15H19N3O2S. The summed E-state index contributed by atoms with van der Waals surface area (Å²) in [6.07, 6.45) is 0.204. The summed E-state index contributed by atoms with van der Waals surface area (Å²) in [5.41, 5.74) is 6.99. The van der Waals surface area contributed by atoms with E-state index in [0.29, 0.717) is 5.75 Å². The number of carbonyl (C=O) groups excluding carboxylic acids is 1. The highest BCUT2D eigenvalue weighted by atomic mass is 32.1. The van der Waals surface area contributed by atoms with E-state index in [-0.39, 0.29) is 25.0 Å². The van der Waals surface area contributed by atoms with Gasteiger partial charge in [-0.15, -0.1) is 11.3 Å². The van der Waals surface area contributed by atoms with E-state index in [1.165, 1.54) is 0 Å². The van der Waals surface area contributed by atoms with Gasteiger partial charge in [0.05, 0.1) is 35.5 Å². The Labute approximate surface area is 128 Å². The molecule has 1 aromatic carbocycles. The zero-order valence-electron chi connectivity index (χ0n) is 12.1. The molecule has 0 aliphatic rings. The number of benzene rings is 1. The first-order chi connectivity index (χ1) is 10.1. The van der Waals surface area contributed by atoms with Gasteiger partial charge in [-0.05, 0) is 26.0 Å². The minimum Gasteiger partial charge on any atom is -0.491 e. The summed E-state index contributed by atoms with van der Waals surface area (Å²) in [4.78, 5) is 15.2. The molecule has 1 atom stereocenters. The normalized spacial score (nSPS) is 11.9. The highest BCUT2D eigenvalue weighted by Gasteiger charge is 2.11. The van der Waals surface area contributed by atoms with Gasteiger partial charge in [0.2, 0.25) is 5.91 Å². The molecule has 0 spiro atoms. The SMILES string of the molecule is Cc1nc(C(C)Nc2ccccc2OCCC(N)=O)cs1. The van der Waals surface area contributed by atoms with Crippen LogP contribution in [0.2, 0.25) is 0 Å². The van der Waals surface area contributed by atoms with E-state index in [0.717, 1.165) is 16.4 Å². The number of aromatic nitrogens is 1. The Kier molecular flexibility index (Phi) is 5.16. The number of primary amides is 1. The Hall–Kier alpha value is -2.08. The van der Waals surface area contributed by atoms with Crippen LogP contribution < -0.4 is 15.8 Å². The van der Waals surface area contributed by atoms with Crippen molar-refractivity contribution in [1.82, 2.24) is 4.98 Å². The zero-order valence-corrected chi connectivity index (χ0v) is 12.9. The van der Waals surface area contributed by atoms with Crippen molar-refractivity contribution in [3.63, 3.8) is 0 Å². The van der Waals surface area contributed by atoms with Crippen LogP contribution in [-0.4, -0.2) is 17.5 Å². The van der Waals surface area contributed by atoms with Crippen molar-refractivity contribution in [3.05, 3.63) is 40.3 Å². The molecular weight excluding hydrogens is 286 g/mol. The lowest BCUT2D eigenvalue weighted by atomic mass is 10.2. The maximum atomic E-state index is 10.8. The Morgan fingerprint density at radius 3 is 2.90 bits per heavy atom. The van der Waals surface area contributed by atoms with Gasteiger partial charge in [0.15, 0.2) is 0 Å². The highest BCUT2D eigenvalue weighted by molar-refractivity contribution is 7.09. The lowest BCUT2D eigenvalue weighted by molar-refractivity contribution is -0.118. The fourth-order valence-electron chi connectivity index (χ4n) is 1.86. The van der Waals surface area contributed by atoms with Crippen LogP contribution in [0.5, 0.6) is 5.75 Å². The van der Waals surface area contributed by atoms with Crippen molar-refractivity contribution in [2.45, 2.75) is 26.3 Å². The minimum atomic E-state index is -0.369. The Morgan fingerprint density at radius 1 is 1.48 bits per heavy atom. The molecule has 0 fully saturated rings. The number of hydrogen-bond acceptors (Lipinski definition) is 5. The van der Waals surface area contributed by atoms with Crippen molar-refractivity contribution in [1.29, 1.82) is 0 Å². The second kappa shape index (κ2) is 7.08. The molecule has 6 heteroatoms. The van der Waals surface area contributed by atoms with Gasteiger partial charge in [-0.25, -0.2) is 4.98 Å². The number of carbonyl (C=O) groups is 1. The van der Waals surface area contributed by atoms with Gasteiger partial charge < -0.3 is 15.8 Å².